The maximum absolute atomic E-state index is 13.0. The summed E-state index contributed by atoms with van der Waals surface area (Å²) in [6, 6.07) is 11.3. The van der Waals surface area contributed by atoms with E-state index in [9.17, 15) is 4.79 Å². The van der Waals surface area contributed by atoms with Crippen molar-refractivity contribution < 1.29 is 14.3 Å². The summed E-state index contributed by atoms with van der Waals surface area (Å²) in [7, 11) is 3.24. The van der Waals surface area contributed by atoms with Crippen molar-refractivity contribution in [3.63, 3.8) is 0 Å². The Labute approximate surface area is 188 Å². The number of piperidine rings is 1. The molecule has 2 aromatic carbocycles. The predicted octanol–water partition coefficient (Wildman–Crippen LogP) is 4.29. The molecule has 0 aliphatic carbocycles. The van der Waals surface area contributed by atoms with E-state index in [0.29, 0.717) is 17.1 Å². The van der Waals surface area contributed by atoms with Crippen molar-refractivity contribution in [1.82, 2.24) is 20.6 Å². The number of H-pyrrole nitrogens is 1. The van der Waals surface area contributed by atoms with Crippen LogP contribution in [-0.2, 0) is 0 Å². The standard InChI is InChI=1S/C25H32N4O3/c1-24(2)13-16(14-25(3,4)29-24)26-23(30)15-7-9-18(21(11-15)32-6)22-27-19-10-8-17(31-5)12-20(19)28-22/h7-12,16,29H,13-14H2,1-6H3,(H,26,30)(H,27,28). The minimum absolute atomic E-state index is 0.0365. The number of hydrogen-bond donors (Lipinski definition) is 3. The predicted molar refractivity (Wildman–Crippen MR) is 126 cm³/mol. The first-order chi connectivity index (χ1) is 15.1. The Morgan fingerprint density at radius 2 is 1.75 bits per heavy atom. The highest BCUT2D eigenvalue weighted by Crippen LogP contribution is 2.32. The average Bonchev–Trinajstić information content (AvgIpc) is 3.13. The number of aromatic amines is 1. The number of rotatable bonds is 5. The molecule has 2 heterocycles. The van der Waals surface area contributed by atoms with Gasteiger partial charge in [0.2, 0.25) is 0 Å². The number of fused-ring (bicyclic) bond motifs is 1. The molecule has 1 fully saturated rings. The number of nitrogens with one attached hydrogen (secondary N) is 3. The number of hydrogen-bond acceptors (Lipinski definition) is 5. The number of nitrogens with zero attached hydrogens (tertiary/aromatic N) is 1. The smallest absolute Gasteiger partial charge is 0.251 e. The van der Waals surface area contributed by atoms with Crippen LogP contribution in [0.3, 0.4) is 0 Å². The second-order valence-corrected chi connectivity index (χ2v) is 9.85. The molecule has 170 valence electrons. The van der Waals surface area contributed by atoms with E-state index in [-0.39, 0.29) is 23.0 Å². The minimum atomic E-state index is -0.0947. The maximum atomic E-state index is 13.0. The summed E-state index contributed by atoms with van der Waals surface area (Å²) in [6.07, 6.45) is 1.75. The molecule has 0 spiro atoms. The molecule has 0 unspecified atom stereocenters. The van der Waals surface area contributed by atoms with Gasteiger partial charge in [0.15, 0.2) is 0 Å². The van der Waals surface area contributed by atoms with Gasteiger partial charge in [0.25, 0.3) is 5.91 Å². The van der Waals surface area contributed by atoms with Crippen LogP contribution < -0.4 is 20.1 Å². The number of imidazole rings is 1. The van der Waals surface area contributed by atoms with Crippen molar-refractivity contribution in [2.45, 2.75) is 57.7 Å². The van der Waals surface area contributed by atoms with Gasteiger partial charge in [-0.25, -0.2) is 4.98 Å². The second kappa shape index (κ2) is 8.13. The molecule has 7 heteroatoms. The third-order valence-corrected chi connectivity index (χ3v) is 5.93. The fourth-order valence-electron chi connectivity index (χ4n) is 4.96. The van der Waals surface area contributed by atoms with Gasteiger partial charge in [0.05, 0.1) is 30.8 Å². The van der Waals surface area contributed by atoms with Crippen LogP contribution >= 0.6 is 0 Å². The van der Waals surface area contributed by atoms with Crippen LogP contribution in [0.2, 0.25) is 0 Å². The van der Waals surface area contributed by atoms with Crippen molar-refractivity contribution in [3.8, 4) is 22.9 Å². The van der Waals surface area contributed by atoms with Crippen molar-refractivity contribution >= 4 is 16.9 Å². The molecule has 0 bridgehead atoms. The van der Waals surface area contributed by atoms with Gasteiger partial charge < -0.3 is 25.1 Å². The highest BCUT2D eigenvalue weighted by Gasteiger charge is 2.38. The van der Waals surface area contributed by atoms with Crippen LogP contribution in [0.5, 0.6) is 11.5 Å². The zero-order valence-corrected chi connectivity index (χ0v) is 19.6. The quantitative estimate of drug-likeness (QED) is 0.555. The van der Waals surface area contributed by atoms with Gasteiger partial charge in [-0.2, -0.15) is 0 Å². The fourth-order valence-corrected chi connectivity index (χ4v) is 4.96. The summed E-state index contributed by atoms with van der Waals surface area (Å²) < 4.78 is 10.9. The number of carbonyl (C=O) groups is 1. The second-order valence-electron chi connectivity index (χ2n) is 9.85. The molecular formula is C25H32N4O3. The molecule has 3 N–H and O–H groups in total. The van der Waals surface area contributed by atoms with Crippen LogP contribution in [0.4, 0.5) is 0 Å². The van der Waals surface area contributed by atoms with Gasteiger partial charge in [0, 0.05) is 28.7 Å². The van der Waals surface area contributed by atoms with Gasteiger partial charge in [-0.15, -0.1) is 0 Å². The SMILES string of the molecule is COc1ccc2nc(-c3ccc(C(=O)NC4CC(C)(C)NC(C)(C)C4)cc3OC)[nH]c2c1. The highest BCUT2D eigenvalue weighted by molar-refractivity contribution is 5.96. The third-order valence-electron chi connectivity index (χ3n) is 5.93. The zero-order chi connectivity index (χ0) is 23.1. The van der Waals surface area contributed by atoms with Crippen molar-refractivity contribution in [2.24, 2.45) is 0 Å². The van der Waals surface area contributed by atoms with E-state index in [2.05, 4.69) is 48.3 Å². The van der Waals surface area contributed by atoms with E-state index in [0.717, 1.165) is 35.2 Å². The van der Waals surface area contributed by atoms with E-state index >= 15 is 0 Å². The largest absolute Gasteiger partial charge is 0.497 e. The van der Waals surface area contributed by atoms with E-state index in [4.69, 9.17) is 9.47 Å². The Balaban J connectivity index is 1.58. The van der Waals surface area contributed by atoms with Crippen LogP contribution in [0, 0.1) is 0 Å². The molecule has 1 aliphatic heterocycles. The molecule has 4 rings (SSSR count). The monoisotopic (exact) mass is 436 g/mol. The van der Waals surface area contributed by atoms with Crippen molar-refractivity contribution in [3.05, 3.63) is 42.0 Å². The molecule has 3 aromatic rings. The number of carbonyl (C=O) groups excluding carboxylic acids is 1. The van der Waals surface area contributed by atoms with Crippen LogP contribution in [0.15, 0.2) is 36.4 Å². The van der Waals surface area contributed by atoms with E-state index in [1.165, 1.54) is 0 Å². The maximum Gasteiger partial charge on any atom is 0.251 e. The molecule has 1 aromatic heterocycles. The number of methoxy groups -OCH3 is 2. The minimum Gasteiger partial charge on any atom is -0.497 e. The summed E-state index contributed by atoms with van der Waals surface area (Å²) in [4.78, 5) is 21.0. The Bertz CT molecular complexity index is 1130. The molecule has 32 heavy (non-hydrogen) atoms. The first-order valence-corrected chi connectivity index (χ1v) is 10.9. The Hall–Kier alpha value is -3.06. The molecule has 7 nitrogen and oxygen atoms in total. The summed E-state index contributed by atoms with van der Waals surface area (Å²) in [5, 5.41) is 6.87. The Morgan fingerprint density at radius 1 is 1.03 bits per heavy atom. The lowest BCUT2D eigenvalue weighted by molar-refractivity contribution is 0.0873. The van der Waals surface area contributed by atoms with Gasteiger partial charge in [-0.05, 0) is 70.9 Å². The van der Waals surface area contributed by atoms with Crippen molar-refractivity contribution in [1.29, 1.82) is 0 Å². The Kier molecular flexibility index (Phi) is 5.63. The lowest BCUT2D eigenvalue weighted by atomic mass is 9.79. The summed E-state index contributed by atoms with van der Waals surface area (Å²) in [5.74, 6) is 1.94. The van der Waals surface area contributed by atoms with Gasteiger partial charge in [-0.1, -0.05) is 0 Å². The molecule has 0 saturated carbocycles. The summed E-state index contributed by atoms with van der Waals surface area (Å²) in [5.41, 5.74) is 3.00. The Morgan fingerprint density at radius 3 is 2.41 bits per heavy atom. The number of benzene rings is 2. The number of amides is 1. The highest BCUT2D eigenvalue weighted by atomic mass is 16.5. The molecule has 1 amide bonds. The molecule has 0 atom stereocenters. The van der Waals surface area contributed by atoms with Gasteiger partial charge in [-0.3, -0.25) is 4.79 Å². The van der Waals surface area contributed by atoms with Crippen LogP contribution in [0.1, 0.15) is 50.9 Å². The van der Waals surface area contributed by atoms with Crippen molar-refractivity contribution in [2.75, 3.05) is 14.2 Å². The topological polar surface area (TPSA) is 88.3 Å². The van der Waals surface area contributed by atoms with Gasteiger partial charge >= 0.3 is 0 Å². The normalized spacial score (nSPS) is 17.8. The molecule has 0 radical (unpaired) electrons. The van der Waals surface area contributed by atoms with E-state index in [1.54, 1.807) is 20.3 Å². The van der Waals surface area contributed by atoms with E-state index < -0.39 is 0 Å². The van der Waals surface area contributed by atoms with Crippen LogP contribution in [-0.4, -0.2) is 47.2 Å². The average molecular weight is 437 g/mol. The fraction of sp³-hybridized carbons (Fsp3) is 0.440. The molecular weight excluding hydrogens is 404 g/mol. The number of ether oxygens (including phenoxy) is 2. The first kappa shape index (κ1) is 22.1. The van der Waals surface area contributed by atoms with E-state index in [1.807, 2.05) is 30.3 Å². The summed E-state index contributed by atoms with van der Waals surface area (Å²) in [6.45, 7) is 8.70. The lowest BCUT2D eigenvalue weighted by Crippen LogP contribution is -2.62. The first-order valence-electron chi connectivity index (χ1n) is 10.9. The van der Waals surface area contributed by atoms with Gasteiger partial charge in [0.1, 0.15) is 17.3 Å². The molecule has 1 aliphatic rings. The lowest BCUT2D eigenvalue weighted by Gasteiger charge is -2.46. The third kappa shape index (κ3) is 4.58. The van der Waals surface area contributed by atoms with Crippen LogP contribution in [0.25, 0.3) is 22.4 Å². The summed E-state index contributed by atoms with van der Waals surface area (Å²) >= 11 is 0. The molecule has 1 saturated heterocycles. The zero-order valence-electron chi connectivity index (χ0n) is 19.6. The number of aromatic nitrogens is 2.